The lowest BCUT2D eigenvalue weighted by Gasteiger charge is -2.36. The number of ether oxygens (including phenoxy) is 1. The Balaban J connectivity index is 1.49. The summed E-state index contributed by atoms with van der Waals surface area (Å²) in [5, 5.41) is 2.14. The van der Waals surface area contributed by atoms with Crippen LogP contribution in [0.25, 0.3) is 44.2 Å². The van der Waals surface area contributed by atoms with Crippen LogP contribution in [0.4, 0.5) is 0 Å². The van der Waals surface area contributed by atoms with E-state index in [0.29, 0.717) is 0 Å². The Kier molecular flexibility index (Phi) is 7.38. The molecule has 0 spiro atoms. The first-order chi connectivity index (χ1) is 20.8. The maximum absolute atomic E-state index is 6.78. The van der Waals surface area contributed by atoms with Gasteiger partial charge in [-0.15, -0.1) is 0 Å². The van der Waals surface area contributed by atoms with Gasteiger partial charge in [0.2, 0.25) is 0 Å². The SMILES string of the molecule is C=C/C=C\C(=C/C)c1cc(C(=C)/C=C2/Oc3c(ccc4c3oc3ccccc34)C(C)(C)/C2=C/C)cc(-c2ccccc2)c1. The lowest BCUT2D eigenvalue weighted by molar-refractivity contribution is 0.371. The van der Waals surface area contributed by atoms with Crippen molar-refractivity contribution in [3.8, 4) is 16.9 Å². The van der Waals surface area contributed by atoms with Gasteiger partial charge in [0.15, 0.2) is 11.3 Å². The van der Waals surface area contributed by atoms with E-state index in [-0.39, 0.29) is 5.41 Å². The van der Waals surface area contributed by atoms with Gasteiger partial charge in [-0.3, -0.25) is 0 Å². The van der Waals surface area contributed by atoms with Gasteiger partial charge in [0, 0.05) is 27.3 Å². The summed E-state index contributed by atoms with van der Waals surface area (Å²) in [6.45, 7) is 17.0. The fraction of sp³-hybridized carbons (Fsp3) is 0.122. The zero-order chi connectivity index (χ0) is 30.1. The lowest BCUT2D eigenvalue weighted by atomic mass is 9.74. The highest BCUT2D eigenvalue weighted by atomic mass is 16.5. The molecule has 212 valence electrons. The molecule has 1 aliphatic rings. The second-order valence-corrected chi connectivity index (χ2v) is 11.4. The first-order valence-corrected chi connectivity index (χ1v) is 14.7. The third-order valence-corrected chi connectivity index (χ3v) is 8.39. The van der Waals surface area contributed by atoms with Crippen molar-refractivity contribution in [2.75, 3.05) is 0 Å². The second kappa shape index (κ2) is 11.3. The number of para-hydroxylation sites is 1. The molecule has 0 saturated heterocycles. The molecule has 2 heterocycles. The highest BCUT2D eigenvalue weighted by molar-refractivity contribution is 6.07. The Hall–Kier alpha value is -5.08. The highest BCUT2D eigenvalue weighted by Crippen LogP contribution is 2.50. The number of hydrogen-bond acceptors (Lipinski definition) is 2. The second-order valence-electron chi connectivity index (χ2n) is 11.4. The van der Waals surface area contributed by atoms with Crippen molar-refractivity contribution in [2.45, 2.75) is 33.1 Å². The van der Waals surface area contributed by atoms with Crippen molar-refractivity contribution in [1.82, 2.24) is 0 Å². The summed E-state index contributed by atoms with van der Waals surface area (Å²) in [6, 6.07) is 29.6. The van der Waals surface area contributed by atoms with Crippen molar-refractivity contribution < 1.29 is 9.15 Å². The van der Waals surface area contributed by atoms with E-state index in [1.807, 2.05) is 30.3 Å². The van der Waals surface area contributed by atoms with Crippen LogP contribution in [0.5, 0.6) is 5.75 Å². The summed E-state index contributed by atoms with van der Waals surface area (Å²) in [5.41, 5.74) is 9.96. The zero-order valence-corrected chi connectivity index (χ0v) is 25.3. The normalized spacial score (nSPS) is 16.6. The van der Waals surface area contributed by atoms with E-state index in [2.05, 4.69) is 126 Å². The molecule has 1 aliphatic heterocycles. The quantitative estimate of drug-likeness (QED) is 0.193. The maximum Gasteiger partial charge on any atom is 0.178 e. The van der Waals surface area contributed by atoms with E-state index in [0.717, 1.165) is 78.0 Å². The van der Waals surface area contributed by atoms with Crippen LogP contribution in [-0.2, 0) is 5.41 Å². The van der Waals surface area contributed by atoms with Gasteiger partial charge < -0.3 is 9.15 Å². The summed E-state index contributed by atoms with van der Waals surface area (Å²) in [5.74, 6) is 1.55. The largest absolute Gasteiger partial charge is 0.453 e. The Bertz CT molecular complexity index is 2010. The van der Waals surface area contributed by atoms with E-state index >= 15 is 0 Å². The molecule has 6 rings (SSSR count). The number of allylic oxidation sites excluding steroid dienone is 9. The number of benzene rings is 4. The summed E-state index contributed by atoms with van der Waals surface area (Å²) in [6.07, 6.45) is 12.2. The van der Waals surface area contributed by atoms with Crippen molar-refractivity contribution in [3.63, 3.8) is 0 Å². The highest BCUT2D eigenvalue weighted by Gasteiger charge is 2.38. The summed E-state index contributed by atoms with van der Waals surface area (Å²) < 4.78 is 13.2. The van der Waals surface area contributed by atoms with Crippen molar-refractivity contribution in [2.24, 2.45) is 0 Å². The molecule has 0 atom stereocenters. The fourth-order valence-corrected chi connectivity index (χ4v) is 6.14. The van der Waals surface area contributed by atoms with Crippen molar-refractivity contribution in [3.05, 3.63) is 163 Å². The van der Waals surface area contributed by atoms with Crippen molar-refractivity contribution in [1.29, 1.82) is 0 Å². The van der Waals surface area contributed by atoms with Crippen LogP contribution in [0.3, 0.4) is 0 Å². The zero-order valence-electron chi connectivity index (χ0n) is 25.3. The molecule has 0 amide bonds. The fourth-order valence-electron chi connectivity index (χ4n) is 6.14. The van der Waals surface area contributed by atoms with E-state index < -0.39 is 0 Å². The number of furan rings is 1. The van der Waals surface area contributed by atoms with Crippen LogP contribution in [0.1, 0.15) is 44.4 Å². The minimum absolute atomic E-state index is 0.299. The first kappa shape index (κ1) is 28.1. The van der Waals surface area contributed by atoms with Crippen LogP contribution in [0.15, 0.2) is 150 Å². The van der Waals surface area contributed by atoms with Gasteiger partial charge in [-0.1, -0.05) is 112 Å². The van der Waals surface area contributed by atoms with Gasteiger partial charge in [0.1, 0.15) is 11.3 Å². The number of rotatable bonds is 6. The lowest BCUT2D eigenvalue weighted by Crippen LogP contribution is -2.28. The maximum atomic E-state index is 6.78. The van der Waals surface area contributed by atoms with Gasteiger partial charge in [-0.2, -0.15) is 0 Å². The van der Waals surface area contributed by atoms with Crippen LogP contribution in [-0.4, -0.2) is 0 Å². The molecule has 0 fully saturated rings. The summed E-state index contributed by atoms with van der Waals surface area (Å²) >= 11 is 0. The molecule has 2 nitrogen and oxygen atoms in total. The molecular formula is C41H36O2. The molecule has 43 heavy (non-hydrogen) atoms. The standard InChI is InChI=1S/C41H36O2/c1-7-10-16-28(8-2)31-24-30(25-32(26-31)29-17-12-11-13-18-29)27(4)23-38-35(9-3)41(5,6)36-22-21-34-33-19-14-15-20-37(33)42-39(34)40(36)43-38/h7-26H,1,4H2,2-3,5-6H3/b16-10-,28-8+,35-9+,38-23+. The molecule has 0 saturated carbocycles. The first-order valence-electron chi connectivity index (χ1n) is 14.7. The minimum atomic E-state index is -0.299. The molecule has 0 unspecified atom stereocenters. The number of fused-ring (bicyclic) bond motifs is 5. The van der Waals surface area contributed by atoms with Crippen LogP contribution in [0, 0.1) is 0 Å². The monoisotopic (exact) mass is 560 g/mol. The molecule has 2 heteroatoms. The topological polar surface area (TPSA) is 22.4 Å². The van der Waals surface area contributed by atoms with Gasteiger partial charge in [0.05, 0.1) is 0 Å². The van der Waals surface area contributed by atoms with Crippen LogP contribution in [0.2, 0.25) is 0 Å². The van der Waals surface area contributed by atoms with E-state index in [1.165, 1.54) is 0 Å². The molecule has 0 bridgehead atoms. The van der Waals surface area contributed by atoms with E-state index in [1.54, 1.807) is 6.08 Å². The van der Waals surface area contributed by atoms with E-state index in [9.17, 15) is 0 Å². The van der Waals surface area contributed by atoms with Gasteiger partial charge in [-0.05, 0) is 83.7 Å². The Morgan fingerprint density at radius 3 is 2.30 bits per heavy atom. The van der Waals surface area contributed by atoms with Gasteiger partial charge in [-0.25, -0.2) is 0 Å². The molecule has 0 aliphatic carbocycles. The van der Waals surface area contributed by atoms with Crippen molar-refractivity contribution >= 4 is 33.1 Å². The third-order valence-electron chi connectivity index (χ3n) is 8.39. The molecule has 0 radical (unpaired) electrons. The average Bonchev–Trinajstić information content (AvgIpc) is 3.41. The predicted octanol–water partition coefficient (Wildman–Crippen LogP) is 11.6. The Morgan fingerprint density at radius 1 is 0.814 bits per heavy atom. The molecule has 0 N–H and O–H groups in total. The predicted molar refractivity (Wildman–Crippen MR) is 183 cm³/mol. The number of hydrogen-bond donors (Lipinski definition) is 0. The summed E-state index contributed by atoms with van der Waals surface area (Å²) in [7, 11) is 0. The molecular weight excluding hydrogens is 524 g/mol. The Labute approximate surface area is 254 Å². The smallest absolute Gasteiger partial charge is 0.178 e. The molecule has 5 aromatic rings. The molecule has 1 aromatic heterocycles. The average molecular weight is 561 g/mol. The van der Waals surface area contributed by atoms with Crippen LogP contribution >= 0.6 is 0 Å². The Morgan fingerprint density at radius 2 is 1.56 bits per heavy atom. The summed E-state index contributed by atoms with van der Waals surface area (Å²) in [4.78, 5) is 0. The van der Waals surface area contributed by atoms with E-state index in [4.69, 9.17) is 9.15 Å². The van der Waals surface area contributed by atoms with Crippen LogP contribution < -0.4 is 4.74 Å². The van der Waals surface area contributed by atoms with Gasteiger partial charge >= 0.3 is 0 Å². The minimum Gasteiger partial charge on any atom is -0.453 e. The third kappa shape index (κ3) is 5.00. The molecule has 4 aromatic carbocycles. The van der Waals surface area contributed by atoms with Gasteiger partial charge in [0.25, 0.3) is 0 Å².